The minimum Gasteiger partial charge on any atom is -0.381 e. The summed E-state index contributed by atoms with van der Waals surface area (Å²) < 4.78 is 5.73. The van der Waals surface area contributed by atoms with Crippen molar-refractivity contribution in [2.75, 3.05) is 39.9 Å². The average Bonchev–Trinajstić information content (AvgIpc) is 2.36. The first-order valence-corrected chi connectivity index (χ1v) is 7.14. The van der Waals surface area contributed by atoms with Gasteiger partial charge in [-0.2, -0.15) is 0 Å². The molecule has 0 aliphatic carbocycles. The topological polar surface area (TPSA) is 24.5 Å². The van der Waals surface area contributed by atoms with E-state index in [9.17, 15) is 0 Å². The first kappa shape index (κ1) is 14.9. The SMILES string of the molecule is CCC(C)N(CC)CC1(CNC)CCCOC1. The molecule has 0 aromatic heterocycles. The van der Waals surface area contributed by atoms with Crippen molar-refractivity contribution in [1.82, 2.24) is 10.2 Å². The molecule has 17 heavy (non-hydrogen) atoms. The third-order valence-electron chi connectivity index (χ3n) is 4.11. The molecule has 1 N–H and O–H groups in total. The molecule has 1 rings (SSSR count). The third kappa shape index (κ3) is 4.23. The van der Waals surface area contributed by atoms with Crippen molar-refractivity contribution in [2.24, 2.45) is 5.41 Å². The van der Waals surface area contributed by atoms with Crippen molar-refractivity contribution in [1.29, 1.82) is 0 Å². The Morgan fingerprint density at radius 1 is 1.41 bits per heavy atom. The fourth-order valence-corrected chi connectivity index (χ4v) is 2.87. The van der Waals surface area contributed by atoms with Crippen LogP contribution in [0.3, 0.4) is 0 Å². The van der Waals surface area contributed by atoms with Crippen LogP contribution in [0.15, 0.2) is 0 Å². The highest BCUT2D eigenvalue weighted by Gasteiger charge is 2.34. The quantitative estimate of drug-likeness (QED) is 0.740. The number of nitrogens with zero attached hydrogens (tertiary/aromatic N) is 1. The maximum Gasteiger partial charge on any atom is 0.0546 e. The predicted octanol–water partition coefficient (Wildman–Crippen LogP) is 2.12. The maximum absolute atomic E-state index is 5.73. The lowest BCUT2D eigenvalue weighted by Crippen LogP contribution is -2.50. The molecule has 3 heteroatoms. The van der Waals surface area contributed by atoms with Gasteiger partial charge in [0.25, 0.3) is 0 Å². The molecule has 102 valence electrons. The highest BCUT2D eigenvalue weighted by molar-refractivity contribution is 4.87. The summed E-state index contributed by atoms with van der Waals surface area (Å²) in [6, 6.07) is 0.677. The normalized spacial score (nSPS) is 27.4. The summed E-state index contributed by atoms with van der Waals surface area (Å²) >= 11 is 0. The first-order valence-electron chi connectivity index (χ1n) is 7.14. The highest BCUT2D eigenvalue weighted by atomic mass is 16.5. The van der Waals surface area contributed by atoms with Gasteiger partial charge in [-0.3, -0.25) is 0 Å². The van der Waals surface area contributed by atoms with Crippen LogP contribution in [0.4, 0.5) is 0 Å². The van der Waals surface area contributed by atoms with E-state index in [-0.39, 0.29) is 0 Å². The van der Waals surface area contributed by atoms with Gasteiger partial charge in [0.15, 0.2) is 0 Å². The molecule has 1 heterocycles. The Morgan fingerprint density at radius 3 is 2.65 bits per heavy atom. The molecule has 0 amide bonds. The molecule has 1 aliphatic rings. The van der Waals surface area contributed by atoms with Gasteiger partial charge in [0.1, 0.15) is 0 Å². The summed E-state index contributed by atoms with van der Waals surface area (Å²) in [4.78, 5) is 2.60. The number of rotatable bonds is 7. The first-order chi connectivity index (χ1) is 8.17. The van der Waals surface area contributed by atoms with Crippen LogP contribution >= 0.6 is 0 Å². The van der Waals surface area contributed by atoms with Crippen molar-refractivity contribution in [3.05, 3.63) is 0 Å². The van der Waals surface area contributed by atoms with Gasteiger partial charge in [0, 0.05) is 31.2 Å². The fraction of sp³-hybridized carbons (Fsp3) is 1.00. The largest absolute Gasteiger partial charge is 0.381 e. The molecule has 1 fully saturated rings. The summed E-state index contributed by atoms with van der Waals surface area (Å²) in [6.07, 6.45) is 3.73. The average molecular weight is 242 g/mol. The van der Waals surface area contributed by atoms with Crippen LogP contribution in [0.25, 0.3) is 0 Å². The molecule has 1 aliphatic heterocycles. The molecule has 0 aromatic rings. The second-order valence-corrected chi connectivity index (χ2v) is 5.51. The summed E-state index contributed by atoms with van der Waals surface area (Å²) in [5.74, 6) is 0. The smallest absolute Gasteiger partial charge is 0.0546 e. The lowest BCUT2D eigenvalue weighted by molar-refractivity contribution is -0.0304. The number of ether oxygens (including phenoxy) is 1. The Bertz CT molecular complexity index is 197. The monoisotopic (exact) mass is 242 g/mol. The molecule has 0 aromatic carbocycles. The maximum atomic E-state index is 5.73. The molecule has 0 saturated carbocycles. The van der Waals surface area contributed by atoms with Crippen molar-refractivity contribution in [2.45, 2.75) is 46.1 Å². The molecule has 0 spiro atoms. The molecule has 3 nitrogen and oxygen atoms in total. The van der Waals surface area contributed by atoms with Crippen molar-refractivity contribution >= 4 is 0 Å². The number of hydrogen-bond donors (Lipinski definition) is 1. The van der Waals surface area contributed by atoms with E-state index in [1.807, 2.05) is 0 Å². The predicted molar refractivity (Wildman–Crippen MR) is 73.4 cm³/mol. The Hall–Kier alpha value is -0.120. The van der Waals surface area contributed by atoms with E-state index >= 15 is 0 Å². The second-order valence-electron chi connectivity index (χ2n) is 5.51. The van der Waals surface area contributed by atoms with Gasteiger partial charge in [-0.1, -0.05) is 13.8 Å². The second kappa shape index (κ2) is 7.34. The van der Waals surface area contributed by atoms with E-state index < -0.39 is 0 Å². The molecule has 2 unspecified atom stereocenters. The molecule has 2 atom stereocenters. The highest BCUT2D eigenvalue weighted by Crippen LogP contribution is 2.30. The van der Waals surface area contributed by atoms with Crippen molar-refractivity contribution in [3.63, 3.8) is 0 Å². The molecular formula is C14H30N2O. The van der Waals surface area contributed by atoms with Crippen LogP contribution in [-0.2, 0) is 4.74 Å². The summed E-state index contributed by atoms with van der Waals surface area (Å²) in [5.41, 5.74) is 0.326. The summed E-state index contributed by atoms with van der Waals surface area (Å²) in [5, 5.41) is 3.36. The lowest BCUT2D eigenvalue weighted by Gasteiger charge is -2.42. The number of nitrogens with one attached hydrogen (secondary N) is 1. The summed E-state index contributed by atoms with van der Waals surface area (Å²) in [6.45, 7) is 12.1. The van der Waals surface area contributed by atoms with E-state index in [1.54, 1.807) is 0 Å². The number of hydrogen-bond acceptors (Lipinski definition) is 3. The van der Waals surface area contributed by atoms with Crippen molar-refractivity contribution < 1.29 is 4.74 Å². The lowest BCUT2D eigenvalue weighted by atomic mass is 9.81. The van der Waals surface area contributed by atoms with Crippen molar-refractivity contribution in [3.8, 4) is 0 Å². The zero-order chi connectivity index (χ0) is 12.7. The molecule has 1 saturated heterocycles. The van der Waals surface area contributed by atoms with Crippen LogP contribution in [0.2, 0.25) is 0 Å². The zero-order valence-electron chi connectivity index (χ0n) is 12.1. The van der Waals surface area contributed by atoms with Gasteiger partial charge >= 0.3 is 0 Å². The molecule has 0 bridgehead atoms. The molecular weight excluding hydrogens is 212 g/mol. The van der Waals surface area contributed by atoms with E-state index in [4.69, 9.17) is 4.74 Å². The minimum absolute atomic E-state index is 0.326. The Kier molecular flexibility index (Phi) is 6.45. The van der Waals surface area contributed by atoms with Gasteiger partial charge in [-0.25, -0.2) is 0 Å². The van der Waals surface area contributed by atoms with E-state index in [0.717, 1.165) is 26.3 Å². The van der Waals surface area contributed by atoms with Crippen LogP contribution in [-0.4, -0.2) is 50.8 Å². The Balaban J connectivity index is 2.63. The van der Waals surface area contributed by atoms with Gasteiger partial charge in [0.05, 0.1) is 6.61 Å². The standard InChI is InChI=1S/C14H30N2O/c1-5-13(3)16(6-2)11-14(10-15-4)8-7-9-17-12-14/h13,15H,5-12H2,1-4H3. The Morgan fingerprint density at radius 2 is 2.18 bits per heavy atom. The fourth-order valence-electron chi connectivity index (χ4n) is 2.87. The molecule has 0 radical (unpaired) electrons. The van der Waals surface area contributed by atoms with E-state index in [0.29, 0.717) is 11.5 Å². The van der Waals surface area contributed by atoms with Gasteiger partial charge < -0.3 is 15.0 Å². The van der Waals surface area contributed by atoms with E-state index in [2.05, 4.69) is 38.0 Å². The van der Waals surface area contributed by atoms with Crippen LogP contribution in [0, 0.1) is 5.41 Å². The third-order valence-corrected chi connectivity index (χ3v) is 4.11. The van der Waals surface area contributed by atoms with Crippen LogP contribution < -0.4 is 5.32 Å². The zero-order valence-corrected chi connectivity index (χ0v) is 12.1. The van der Waals surface area contributed by atoms with Gasteiger partial charge in [-0.05, 0) is 39.8 Å². The Labute approximate surface area is 107 Å². The van der Waals surface area contributed by atoms with Gasteiger partial charge in [-0.15, -0.1) is 0 Å². The summed E-state index contributed by atoms with van der Waals surface area (Å²) in [7, 11) is 2.05. The van der Waals surface area contributed by atoms with Gasteiger partial charge in [0.2, 0.25) is 0 Å². The minimum atomic E-state index is 0.326. The van der Waals surface area contributed by atoms with Crippen LogP contribution in [0.5, 0.6) is 0 Å². The van der Waals surface area contributed by atoms with E-state index in [1.165, 1.54) is 25.8 Å². The van der Waals surface area contributed by atoms with Crippen LogP contribution in [0.1, 0.15) is 40.0 Å².